The van der Waals surface area contributed by atoms with Crippen molar-refractivity contribution in [3.05, 3.63) is 35.4 Å². The topological polar surface area (TPSA) is 32.7 Å². The molecule has 0 aliphatic rings. The Morgan fingerprint density at radius 2 is 2.00 bits per heavy atom. The zero-order valence-corrected chi connectivity index (χ0v) is 13.4. The van der Waals surface area contributed by atoms with Crippen LogP contribution in [0.25, 0.3) is 0 Å². The second kappa shape index (κ2) is 9.57. The van der Waals surface area contributed by atoms with Crippen molar-refractivity contribution >= 4 is 0 Å². The van der Waals surface area contributed by atoms with Gasteiger partial charge in [0.05, 0.1) is 12.7 Å². The number of aliphatic hydroxyl groups is 1. The highest BCUT2D eigenvalue weighted by Gasteiger charge is 2.17. The van der Waals surface area contributed by atoms with Crippen LogP contribution in [0.1, 0.15) is 31.4 Å². The number of benzene rings is 1. The molecule has 0 heterocycles. The molecule has 0 unspecified atom stereocenters. The minimum absolute atomic E-state index is 0.248. The van der Waals surface area contributed by atoms with Gasteiger partial charge in [-0.25, -0.2) is 0 Å². The Morgan fingerprint density at radius 3 is 2.57 bits per heavy atom. The maximum atomic E-state index is 10.1. The Hall–Kier alpha value is -1.34. The lowest BCUT2D eigenvalue weighted by Crippen LogP contribution is -2.39. The predicted molar refractivity (Wildman–Crippen MR) is 87.0 cm³/mol. The monoisotopic (exact) mass is 289 g/mol. The first-order valence-electron chi connectivity index (χ1n) is 7.55. The molecule has 0 aliphatic carbocycles. The maximum Gasteiger partial charge on any atom is 0.107 e. The van der Waals surface area contributed by atoms with Gasteiger partial charge in [-0.15, -0.1) is 6.42 Å². The van der Waals surface area contributed by atoms with Crippen LogP contribution in [0.5, 0.6) is 0 Å². The molecule has 116 valence electrons. The first-order valence-corrected chi connectivity index (χ1v) is 7.55. The van der Waals surface area contributed by atoms with E-state index in [9.17, 15) is 5.11 Å². The number of aliphatic hydroxyl groups excluding tert-OH is 1. The Kier molecular flexibility index (Phi) is 8.07. The zero-order valence-electron chi connectivity index (χ0n) is 13.4. The van der Waals surface area contributed by atoms with Crippen LogP contribution < -0.4 is 0 Å². The van der Waals surface area contributed by atoms with Gasteiger partial charge in [0.25, 0.3) is 0 Å². The van der Waals surface area contributed by atoms with E-state index in [1.807, 2.05) is 0 Å². The summed E-state index contributed by atoms with van der Waals surface area (Å²) in [7, 11) is 0. The number of ether oxygens (including phenoxy) is 1. The summed E-state index contributed by atoms with van der Waals surface area (Å²) in [5, 5.41) is 10.1. The standard InChI is InChI=1S/C18H27NO2/c1-5-11-21-14-18(20)13-19(16(4)6-2)12-17-9-7-15(3)8-10-17/h1,7-10,16,18,20H,6,11-14H2,2-4H3/t16-,18+/m0/s1. The lowest BCUT2D eigenvalue weighted by atomic mass is 10.1. The Balaban J connectivity index is 2.59. The number of terminal acetylenes is 1. The molecular formula is C18H27NO2. The van der Waals surface area contributed by atoms with Crippen molar-refractivity contribution in [3.8, 4) is 12.3 Å². The number of rotatable bonds is 9. The van der Waals surface area contributed by atoms with E-state index in [0.29, 0.717) is 12.6 Å². The van der Waals surface area contributed by atoms with E-state index in [-0.39, 0.29) is 13.2 Å². The fraction of sp³-hybridized carbons (Fsp3) is 0.556. The highest BCUT2D eigenvalue weighted by Crippen LogP contribution is 2.12. The Bertz CT molecular complexity index is 436. The third kappa shape index (κ3) is 6.77. The second-order valence-corrected chi connectivity index (χ2v) is 5.55. The van der Waals surface area contributed by atoms with Crippen molar-refractivity contribution in [1.82, 2.24) is 4.90 Å². The SMILES string of the molecule is C#CCOC[C@H](O)CN(Cc1ccc(C)cc1)[C@@H](C)CC. The molecule has 2 atom stereocenters. The van der Waals surface area contributed by atoms with Gasteiger partial charge in [0.1, 0.15) is 6.61 Å². The zero-order chi connectivity index (χ0) is 15.7. The summed E-state index contributed by atoms with van der Waals surface area (Å²) in [5.41, 5.74) is 2.52. The molecule has 0 amide bonds. The predicted octanol–water partition coefficient (Wildman–Crippen LogP) is 2.61. The van der Waals surface area contributed by atoms with Gasteiger partial charge in [-0.1, -0.05) is 42.7 Å². The van der Waals surface area contributed by atoms with Crippen LogP contribution in [0.4, 0.5) is 0 Å². The molecule has 0 saturated carbocycles. The summed E-state index contributed by atoms with van der Waals surface area (Å²) >= 11 is 0. The Morgan fingerprint density at radius 1 is 1.33 bits per heavy atom. The van der Waals surface area contributed by atoms with Gasteiger partial charge < -0.3 is 9.84 Å². The number of hydrogen-bond acceptors (Lipinski definition) is 3. The average Bonchev–Trinajstić information content (AvgIpc) is 2.48. The fourth-order valence-corrected chi connectivity index (χ4v) is 2.16. The number of hydrogen-bond donors (Lipinski definition) is 1. The minimum Gasteiger partial charge on any atom is -0.389 e. The van der Waals surface area contributed by atoms with Gasteiger partial charge in [0, 0.05) is 19.1 Å². The first-order chi connectivity index (χ1) is 10.1. The van der Waals surface area contributed by atoms with Crippen LogP contribution in [0.3, 0.4) is 0 Å². The summed E-state index contributed by atoms with van der Waals surface area (Å²) in [6.45, 7) is 8.39. The van der Waals surface area contributed by atoms with Crippen LogP contribution >= 0.6 is 0 Å². The second-order valence-electron chi connectivity index (χ2n) is 5.55. The molecule has 0 saturated heterocycles. The van der Waals surface area contributed by atoms with E-state index in [0.717, 1.165) is 13.0 Å². The quantitative estimate of drug-likeness (QED) is 0.560. The molecule has 3 nitrogen and oxygen atoms in total. The molecule has 21 heavy (non-hydrogen) atoms. The molecular weight excluding hydrogens is 262 g/mol. The van der Waals surface area contributed by atoms with Gasteiger partial charge >= 0.3 is 0 Å². The van der Waals surface area contributed by atoms with E-state index in [2.05, 4.69) is 55.9 Å². The highest BCUT2D eigenvalue weighted by molar-refractivity contribution is 5.21. The molecule has 0 aromatic heterocycles. The van der Waals surface area contributed by atoms with Gasteiger partial charge in [-0.3, -0.25) is 4.90 Å². The van der Waals surface area contributed by atoms with Crippen molar-refractivity contribution < 1.29 is 9.84 Å². The van der Waals surface area contributed by atoms with E-state index in [1.165, 1.54) is 11.1 Å². The summed E-state index contributed by atoms with van der Waals surface area (Å²) in [6, 6.07) is 8.94. The van der Waals surface area contributed by atoms with Crippen molar-refractivity contribution in [2.45, 2.75) is 45.9 Å². The lowest BCUT2D eigenvalue weighted by molar-refractivity contribution is 0.0170. The van der Waals surface area contributed by atoms with Crippen LogP contribution in [0.2, 0.25) is 0 Å². The van der Waals surface area contributed by atoms with Crippen molar-refractivity contribution in [3.63, 3.8) is 0 Å². The largest absolute Gasteiger partial charge is 0.389 e. The van der Waals surface area contributed by atoms with Crippen LogP contribution in [0, 0.1) is 19.3 Å². The van der Waals surface area contributed by atoms with Crippen molar-refractivity contribution in [2.24, 2.45) is 0 Å². The van der Waals surface area contributed by atoms with Crippen LogP contribution in [-0.2, 0) is 11.3 Å². The smallest absolute Gasteiger partial charge is 0.107 e. The van der Waals surface area contributed by atoms with Crippen LogP contribution in [-0.4, -0.2) is 41.9 Å². The molecule has 1 aromatic rings. The van der Waals surface area contributed by atoms with Crippen LogP contribution in [0.15, 0.2) is 24.3 Å². The fourth-order valence-electron chi connectivity index (χ4n) is 2.16. The maximum absolute atomic E-state index is 10.1. The van der Waals surface area contributed by atoms with E-state index < -0.39 is 6.10 Å². The molecule has 0 spiro atoms. The van der Waals surface area contributed by atoms with Gasteiger partial charge in [0.2, 0.25) is 0 Å². The Labute approximate surface area is 128 Å². The van der Waals surface area contributed by atoms with Crippen molar-refractivity contribution in [2.75, 3.05) is 19.8 Å². The molecule has 1 aromatic carbocycles. The number of aryl methyl sites for hydroxylation is 1. The molecule has 0 aliphatic heterocycles. The highest BCUT2D eigenvalue weighted by atomic mass is 16.5. The lowest BCUT2D eigenvalue weighted by Gasteiger charge is -2.30. The van der Waals surface area contributed by atoms with Gasteiger partial charge in [-0.05, 0) is 25.8 Å². The minimum atomic E-state index is -0.516. The molecule has 1 rings (SSSR count). The molecule has 3 heteroatoms. The van der Waals surface area contributed by atoms with Gasteiger partial charge in [-0.2, -0.15) is 0 Å². The molecule has 1 N–H and O–H groups in total. The third-order valence-electron chi connectivity index (χ3n) is 3.66. The third-order valence-corrected chi connectivity index (χ3v) is 3.66. The summed E-state index contributed by atoms with van der Waals surface area (Å²) in [5.74, 6) is 2.41. The van der Waals surface area contributed by atoms with E-state index in [4.69, 9.17) is 11.2 Å². The summed E-state index contributed by atoms with van der Waals surface area (Å²) < 4.78 is 5.21. The van der Waals surface area contributed by atoms with Crippen molar-refractivity contribution in [1.29, 1.82) is 0 Å². The molecule has 0 fully saturated rings. The van der Waals surface area contributed by atoms with E-state index >= 15 is 0 Å². The first kappa shape index (κ1) is 17.7. The average molecular weight is 289 g/mol. The van der Waals surface area contributed by atoms with Gasteiger partial charge in [0.15, 0.2) is 0 Å². The van der Waals surface area contributed by atoms with E-state index in [1.54, 1.807) is 0 Å². The number of nitrogens with zero attached hydrogens (tertiary/aromatic N) is 1. The summed E-state index contributed by atoms with van der Waals surface area (Å²) in [6.07, 6.45) is 5.66. The summed E-state index contributed by atoms with van der Waals surface area (Å²) in [4.78, 5) is 2.29. The normalized spacial score (nSPS) is 13.9. The molecule has 0 radical (unpaired) electrons. The molecule has 0 bridgehead atoms.